The highest BCUT2D eigenvalue weighted by Gasteiger charge is 2.15. The van der Waals surface area contributed by atoms with Crippen molar-refractivity contribution in [2.75, 3.05) is 13.2 Å². The lowest BCUT2D eigenvalue weighted by Gasteiger charge is -2.10. The van der Waals surface area contributed by atoms with Crippen LogP contribution in [0.3, 0.4) is 0 Å². The molecular formula is C18H20FNO3S. The maximum Gasteiger partial charge on any atom is 0.240 e. The van der Waals surface area contributed by atoms with Gasteiger partial charge in [0.15, 0.2) is 0 Å². The van der Waals surface area contributed by atoms with Crippen LogP contribution in [0.5, 0.6) is 5.75 Å². The van der Waals surface area contributed by atoms with Crippen LogP contribution in [0.2, 0.25) is 0 Å². The van der Waals surface area contributed by atoms with E-state index in [1.807, 2.05) is 12.1 Å². The number of benzene rings is 2. The molecular weight excluding hydrogens is 329 g/mol. The third kappa shape index (κ3) is 3.76. The minimum atomic E-state index is -3.66. The molecule has 6 heteroatoms. The number of aryl methyl sites for hydroxylation is 3. The van der Waals surface area contributed by atoms with Crippen LogP contribution in [0, 0.1) is 12.7 Å². The molecule has 2 aromatic carbocycles. The zero-order chi connectivity index (χ0) is 17.2. The molecule has 0 radical (unpaired) electrons. The average Bonchev–Trinajstić information content (AvgIpc) is 3.02. The maximum absolute atomic E-state index is 13.2. The maximum atomic E-state index is 13.2. The summed E-state index contributed by atoms with van der Waals surface area (Å²) in [6.45, 7) is 1.92. The minimum absolute atomic E-state index is 0.0546. The molecule has 0 saturated heterocycles. The summed E-state index contributed by atoms with van der Waals surface area (Å²) in [6.07, 6.45) is 3.37. The second kappa shape index (κ2) is 6.91. The summed E-state index contributed by atoms with van der Waals surface area (Å²) in [5.74, 6) is 0.335. The number of hydrogen-bond acceptors (Lipinski definition) is 3. The molecule has 0 saturated carbocycles. The molecule has 1 N–H and O–H groups in total. The Hall–Kier alpha value is -1.92. The van der Waals surface area contributed by atoms with E-state index < -0.39 is 15.8 Å². The smallest absolute Gasteiger partial charge is 0.240 e. The van der Waals surface area contributed by atoms with Gasteiger partial charge in [0.1, 0.15) is 18.2 Å². The Labute approximate surface area is 141 Å². The van der Waals surface area contributed by atoms with Crippen LogP contribution in [0.15, 0.2) is 41.3 Å². The van der Waals surface area contributed by atoms with Gasteiger partial charge in [-0.15, -0.1) is 0 Å². The summed E-state index contributed by atoms with van der Waals surface area (Å²) in [6, 6.07) is 9.75. The molecule has 4 nitrogen and oxygen atoms in total. The van der Waals surface area contributed by atoms with E-state index in [-0.39, 0.29) is 18.0 Å². The van der Waals surface area contributed by atoms with Gasteiger partial charge < -0.3 is 4.74 Å². The first-order valence-electron chi connectivity index (χ1n) is 7.96. The number of rotatable bonds is 6. The summed E-state index contributed by atoms with van der Waals surface area (Å²) in [5.41, 5.74) is 2.98. The van der Waals surface area contributed by atoms with Crippen LogP contribution >= 0.6 is 0 Å². The van der Waals surface area contributed by atoms with E-state index in [4.69, 9.17) is 4.74 Å². The van der Waals surface area contributed by atoms with Gasteiger partial charge in [0.25, 0.3) is 0 Å². The molecule has 0 aromatic heterocycles. The summed E-state index contributed by atoms with van der Waals surface area (Å²) in [7, 11) is -3.66. The van der Waals surface area contributed by atoms with Crippen molar-refractivity contribution in [3.8, 4) is 5.75 Å². The van der Waals surface area contributed by atoms with Crippen molar-refractivity contribution >= 4 is 10.0 Å². The number of nitrogens with one attached hydrogen (secondary N) is 1. The molecule has 128 valence electrons. The number of hydrogen-bond donors (Lipinski definition) is 1. The number of halogens is 1. The predicted molar refractivity (Wildman–Crippen MR) is 90.3 cm³/mol. The molecule has 1 aliphatic rings. The third-order valence-corrected chi connectivity index (χ3v) is 5.63. The molecule has 1 aliphatic carbocycles. The zero-order valence-electron chi connectivity index (χ0n) is 13.5. The molecule has 0 spiro atoms. The van der Waals surface area contributed by atoms with E-state index in [1.165, 1.54) is 36.6 Å². The fourth-order valence-corrected chi connectivity index (χ4v) is 3.95. The van der Waals surface area contributed by atoms with Gasteiger partial charge in [-0.25, -0.2) is 17.5 Å². The van der Waals surface area contributed by atoms with Gasteiger partial charge >= 0.3 is 0 Å². The van der Waals surface area contributed by atoms with Crippen molar-refractivity contribution in [3.05, 3.63) is 58.9 Å². The number of sulfonamides is 1. The second-order valence-electron chi connectivity index (χ2n) is 5.94. The molecule has 3 rings (SSSR count). The van der Waals surface area contributed by atoms with Crippen LogP contribution < -0.4 is 9.46 Å². The Morgan fingerprint density at radius 3 is 2.71 bits per heavy atom. The van der Waals surface area contributed by atoms with Gasteiger partial charge in [0.2, 0.25) is 10.0 Å². The lowest BCUT2D eigenvalue weighted by atomic mass is 10.1. The monoisotopic (exact) mass is 349 g/mol. The topological polar surface area (TPSA) is 55.4 Å². The highest BCUT2D eigenvalue weighted by atomic mass is 32.2. The SMILES string of the molecule is Cc1cc(S(=O)(=O)NCCOc2ccc3c(c2)CCC3)ccc1F. The standard InChI is InChI=1S/C18H20FNO3S/c1-13-11-17(7-8-18(13)19)24(21,22)20-9-10-23-16-6-5-14-3-2-4-15(14)12-16/h5-8,11-12,20H,2-4,9-10H2,1H3. The van der Waals surface area contributed by atoms with Gasteiger partial charge in [-0.05, 0) is 73.2 Å². The molecule has 0 heterocycles. The van der Waals surface area contributed by atoms with Gasteiger partial charge in [-0.1, -0.05) is 6.07 Å². The first kappa shape index (κ1) is 16.9. The van der Waals surface area contributed by atoms with Crippen molar-refractivity contribution in [2.45, 2.75) is 31.1 Å². The Bertz CT molecular complexity index is 849. The summed E-state index contributed by atoms with van der Waals surface area (Å²) >= 11 is 0. The number of fused-ring (bicyclic) bond motifs is 1. The highest BCUT2D eigenvalue weighted by Crippen LogP contribution is 2.25. The van der Waals surface area contributed by atoms with Crippen molar-refractivity contribution in [3.63, 3.8) is 0 Å². The highest BCUT2D eigenvalue weighted by molar-refractivity contribution is 7.89. The molecule has 0 unspecified atom stereocenters. The molecule has 0 aliphatic heterocycles. The molecule has 24 heavy (non-hydrogen) atoms. The van der Waals surface area contributed by atoms with Gasteiger partial charge in [-0.3, -0.25) is 0 Å². The first-order valence-corrected chi connectivity index (χ1v) is 9.44. The lowest BCUT2D eigenvalue weighted by Crippen LogP contribution is -2.28. The normalized spacial score (nSPS) is 13.8. The number of ether oxygens (including phenoxy) is 1. The van der Waals surface area contributed by atoms with Crippen LogP contribution in [0.25, 0.3) is 0 Å². The van der Waals surface area contributed by atoms with E-state index in [0.717, 1.165) is 24.7 Å². The quantitative estimate of drug-likeness (QED) is 0.816. The Morgan fingerprint density at radius 1 is 1.12 bits per heavy atom. The van der Waals surface area contributed by atoms with Crippen LogP contribution in [0.1, 0.15) is 23.1 Å². The van der Waals surface area contributed by atoms with Crippen LogP contribution in [0.4, 0.5) is 4.39 Å². The van der Waals surface area contributed by atoms with Crippen molar-refractivity contribution in [1.82, 2.24) is 4.72 Å². The largest absolute Gasteiger partial charge is 0.492 e. The molecule has 0 fully saturated rings. The Balaban J connectivity index is 1.54. The fraction of sp³-hybridized carbons (Fsp3) is 0.333. The van der Waals surface area contributed by atoms with Crippen LogP contribution in [-0.4, -0.2) is 21.6 Å². The minimum Gasteiger partial charge on any atom is -0.492 e. The molecule has 0 amide bonds. The summed E-state index contributed by atoms with van der Waals surface area (Å²) in [4.78, 5) is 0.0546. The third-order valence-electron chi connectivity index (χ3n) is 4.17. The summed E-state index contributed by atoms with van der Waals surface area (Å²) < 4.78 is 45.7. The van der Waals surface area contributed by atoms with Crippen molar-refractivity contribution in [1.29, 1.82) is 0 Å². The van der Waals surface area contributed by atoms with E-state index in [1.54, 1.807) is 0 Å². The predicted octanol–water partition coefficient (Wildman–Crippen LogP) is 2.98. The van der Waals surface area contributed by atoms with E-state index in [2.05, 4.69) is 10.8 Å². The molecule has 0 atom stereocenters. The molecule has 2 aromatic rings. The van der Waals surface area contributed by atoms with Crippen LogP contribution in [-0.2, 0) is 22.9 Å². The zero-order valence-corrected chi connectivity index (χ0v) is 14.3. The lowest BCUT2D eigenvalue weighted by molar-refractivity contribution is 0.322. The van der Waals surface area contributed by atoms with Crippen molar-refractivity contribution < 1.29 is 17.5 Å². The Kier molecular flexibility index (Phi) is 4.87. The van der Waals surface area contributed by atoms with Gasteiger partial charge in [0.05, 0.1) is 4.90 Å². The fourth-order valence-electron chi connectivity index (χ4n) is 2.85. The van der Waals surface area contributed by atoms with E-state index in [0.29, 0.717) is 5.56 Å². The van der Waals surface area contributed by atoms with Gasteiger partial charge in [-0.2, -0.15) is 0 Å². The summed E-state index contributed by atoms with van der Waals surface area (Å²) in [5, 5.41) is 0. The first-order chi connectivity index (χ1) is 11.5. The van der Waals surface area contributed by atoms with Crippen molar-refractivity contribution in [2.24, 2.45) is 0 Å². The average molecular weight is 349 g/mol. The van der Waals surface area contributed by atoms with E-state index >= 15 is 0 Å². The second-order valence-corrected chi connectivity index (χ2v) is 7.71. The van der Waals surface area contributed by atoms with Gasteiger partial charge in [0, 0.05) is 6.54 Å². The van der Waals surface area contributed by atoms with E-state index in [9.17, 15) is 12.8 Å². The Morgan fingerprint density at radius 2 is 1.92 bits per heavy atom. The molecule has 0 bridgehead atoms.